The largest absolute Gasteiger partial charge is 0.0758 e. The van der Waals surface area contributed by atoms with E-state index in [4.69, 9.17) is 0 Å². The smallest absolute Gasteiger partial charge is 0.00928 e. The first kappa shape index (κ1) is 21.6. The second kappa shape index (κ2) is 8.79. The average molecular weight is 465 g/mol. The van der Waals surface area contributed by atoms with Gasteiger partial charge in [-0.25, -0.2) is 0 Å². The number of fused-ring (bicyclic) bond motifs is 2. The second-order valence-electron chi connectivity index (χ2n) is 10.8. The Labute approximate surface area is 215 Å². The van der Waals surface area contributed by atoms with Crippen LogP contribution < -0.4 is 0 Å². The van der Waals surface area contributed by atoms with Gasteiger partial charge in [-0.05, 0) is 62.8 Å². The molecule has 3 aliphatic carbocycles. The van der Waals surface area contributed by atoms with Crippen LogP contribution in [0.3, 0.4) is 0 Å². The number of hydrogen-bond acceptors (Lipinski definition) is 0. The SMILES string of the molecule is C1=CC(C2(C3C=Cc4c(-c5ccccc5)cccc43)CCCCC2)c2cccc(-c3ccccc3)c21. The molecule has 0 N–H and O–H groups in total. The summed E-state index contributed by atoms with van der Waals surface area (Å²) in [6, 6.07) is 35.8. The van der Waals surface area contributed by atoms with Gasteiger partial charge >= 0.3 is 0 Å². The Balaban J connectivity index is 1.34. The molecule has 0 aromatic heterocycles. The van der Waals surface area contributed by atoms with Crippen LogP contribution in [0.2, 0.25) is 0 Å². The van der Waals surface area contributed by atoms with E-state index in [2.05, 4.69) is 121 Å². The van der Waals surface area contributed by atoms with Crippen molar-refractivity contribution in [3.63, 3.8) is 0 Å². The molecule has 176 valence electrons. The van der Waals surface area contributed by atoms with Crippen LogP contribution in [-0.4, -0.2) is 0 Å². The highest BCUT2D eigenvalue weighted by atomic mass is 14.5. The molecule has 2 atom stereocenters. The maximum Gasteiger partial charge on any atom is 0.00928 e. The third kappa shape index (κ3) is 3.35. The van der Waals surface area contributed by atoms with Gasteiger partial charge in [0.25, 0.3) is 0 Å². The molecule has 0 heterocycles. The van der Waals surface area contributed by atoms with Gasteiger partial charge in [0.1, 0.15) is 0 Å². The minimum Gasteiger partial charge on any atom is -0.0758 e. The summed E-state index contributed by atoms with van der Waals surface area (Å²) in [4.78, 5) is 0. The highest BCUT2D eigenvalue weighted by molar-refractivity contribution is 5.82. The van der Waals surface area contributed by atoms with Gasteiger partial charge in [0, 0.05) is 11.8 Å². The van der Waals surface area contributed by atoms with E-state index in [1.807, 2.05) is 0 Å². The molecule has 3 aliphatic rings. The zero-order chi connectivity index (χ0) is 24.0. The van der Waals surface area contributed by atoms with Gasteiger partial charge in [0.05, 0.1) is 0 Å². The number of allylic oxidation sites excluding steroid dienone is 2. The minimum atomic E-state index is 0.229. The molecule has 7 rings (SSSR count). The number of hydrogen-bond donors (Lipinski definition) is 0. The van der Waals surface area contributed by atoms with Crippen molar-refractivity contribution in [1.82, 2.24) is 0 Å². The zero-order valence-electron chi connectivity index (χ0n) is 20.7. The molecule has 36 heavy (non-hydrogen) atoms. The monoisotopic (exact) mass is 464 g/mol. The fourth-order valence-corrected chi connectivity index (χ4v) is 7.44. The maximum atomic E-state index is 2.55. The molecular weight excluding hydrogens is 432 g/mol. The van der Waals surface area contributed by atoms with E-state index in [1.165, 1.54) is 76.6 Å². The molecular formula is C36H32. The minimum absolute atomic E-state index is 0.229. The Morgan fingerprint density at radius 1 is 0.472 bits per heavy atom. The summed E-state index contributed by atoms with van der Waals surface area (Å²) in [5, 5.41) is 0. The first-order chi connectivity index (χ1) is 17.9. The van der Waals surface area contributed by atoms with Crippen molar-refractivity contribution in [1.29, 1.82) is 0 Å². The van der Waals surface area contributed by atoms with E-state index in [9.17, 15) is 0 Å². The molecule has 4 aromatic rings. The van der Waals surface area contributed by atoms with Crippen LogP contribution in [-0.2, 0) is 0 Å². The average Bonchev–Trinajstić information content (AvgIpc) is 3.60. The lowest BCUT2D eigenvalue weighted by Crippen LogP contribution is -2.35. The van der Waals surface area contributed by atoms with Gasteiger partial charge in [0.15, 0.2) is 0 Å². The molecule has 0 bridgehead atoms. The lowest BCUT2D eigenvalue weighted by molar-refractivity contribution is 0.144. The predicted octanol–water partition coefficient (Wildman–Crippen LogP) is 9.89. The van der Waals surface area contributed by atoms with E-state index < -0.39 is 0 Å². The van der Waals surface area contributed by atoms with Crippen molar-refractivity contribution in [3.05, 3.63) is 131 Å². The Hall–Kier alpha value is -3.64. The molecule has 0 spiro atoms. The molecule has 4 aromatic carbocycles. The summed E-state index contributed by atoms with van der Waals surface area (Å²) in [6.07, 6.45) is 16.6. The summed E-state index contributed by atoms with van der Waals surface area (Å²) >= 11 is 0. The topological polar surface area (TPSA) is 0 Å². The van der Waals surface area contributed by atoms with Crippen molar-refractivity contribution < 1.29 is 0 Å². The molecule has 1 saturated carbocycles. The predicted molar refractivity (Wildman–Crippen MR) is 153 cm³/mol. The zero-order valence-corrected chi connectivity index (χ0v) is 20.7. The van der Waals surface area contributed by atoms with Crippen LogP contribution in [0, 0.1) is 5.41 Å². The van der Waals surface area contributed by atoms with Gasteiger partial charge in [-0.1, -0.05) is 141 Å². The standard InChI is InChI=1S/C36H32/c1-4-12-26(13-5-1)28-16-10-18-32-30(28)20-22-34(32)36(24-8-3-9-25-36)35-23-21-31-29(17-11-19-33(31)35)27-14-6-2-7-15-27/h1-2,4-7,10-23,34-35H,3,8-9,24-25H2. The highest BCUT2D eigenvalue weighted by Crippen LogP contribution is 2.61. The van der Waals surface area contributed by atoms with E-state index >= 15 is 0 Å². The van der Waals surface area contributed by atoms with Crippen LogP contribution >= 0.6 is 0 Å². The van der Waals surface area contributed by atoms with Gasteiger partial charge in [-0.15, -0.1) is 0 Å². The second-order valence-corrected chi connectivity index (χ2v) is 10.8. The van der Waals surface area contributed by atoms with Gasteiger partial charge in [0.2, 0.25) is 0 Å². The van der Waals surface area contributed by atoms with Gasteiger partial charge in [-0.2, -0.15) is 0 Å². The van der Waals surface area contributed by atoms with Crippen molar-refractivity contribution in [2.45, 2.75) is 43.9 Å². The summed E-state index contributed by atoms with van der Waals surface area (Å²) in [6.45, 7) is 0. The van der Waals surface area contributed by atoms with E-state index in [0.29, 0.717) is 11.8 Å². The van der Waals surface area contributed by atoms with Crippen molar-refractivity contribution in [2.24, 2.45) is 5.41 Å². The Kier molecular flexibility index (Phi) is 5.28. The summed E-state index contributed by atoms with van der Waals surface area (Å²) in [5.41, 5.74) is 11.5. The van der Waals surface area contributed by atoms with Gasteiger partial charge < -0.3 is 0 Å². The Morgan fingerprint density at radius 3 is 1.42 bits per heavy atom. The number of benzene rings is 4. The summed E-state index contributed by atoms with van der Waals surface area (Å²) < 4.78 is 0. The molecule has 0 radical (unpaired) electrons. The normalized spacial score (nSPS) is 21.3. The van der Waals surface area contributed by atoms with E-state index in [1.54, 1.807) is 0 Å². The first-order valence-corrected chi connectivity index (χ1v) is 13.6. The maximum absolute atomic E-state index is 2.55. The van der Waals surface area contributed by atoms with Crippen LogP contribution in [0.5, 0.6) is 0 Å². The van der Waals surface area contributed by atoms with Crippen LogP contribution in [0.15, 0.2) is 109 Å². The van der Waals surface area contributed by atoms with Crippen molar-refractivity contribution >= 4 is 12.2 Å². The lowest BCUT2D eigenvalue weighted by Gasteiger charge is -2.47. The number of rotatable bonds is 4. The Bertz CT molecular complexity index is 1340. The summed E-state index contributed by atoms with van der Waals surface area (Å²) in [5.74, 6) is 0.912. The fourth-order valence-electron chi connectivity index (χ4n) is 7.44. The van der Waals surface area contributed by atoms with E-state index in [0.717, 1.165) is 0 Å². The van der Waals surface area contributed by atoms with Crippen molar-refractivity contribution in [3.8, 4) is 22.3 Å². The first-order valence-electron chi connectivity index (χ1n) is 13.6. The van der Waals surface area contributed by atoms with Crippen LogP contribution in [0.1, 0.15) is 66.2 Å². The van der Waals surface area contributed by atoms with Crippen molar-refractivity contribution in [2.75, 3.05) is 0 Å². The highest BCUT2D eigenvalue weighted by Gasteiger charge is 2.48. The Morgan fingerprint density at radius 2 is 0.944 bits per heavy atom. The van der Waals surface area contributed by atoms with Gasteiger partial charge in [-0.3, -0.25) is 0 Å². The molecule has 0 amide bonds. The molecule has 0 saturated heterocycles. The molecule has 1 fully saturated rings. The molecule has 2 unspecified atom stereocenters. The van der Waals surface area contributed by atoms with E-state index in [-0.39, 0.29) is 5.41 Å². The molecule has 0 aliphatic heterocycles. The summed E-state index contributed by atoms with van der Waals surface area (Å²) in [7, 11) is 0. The lowest BCUT2D eigenvalue weighted by atomic mass is 9.57. The molecule has 0 nitrogen and oxygen atoms in total. The third-order valence-electron chi connectivity index (χ3n) is 9.05. The molecule has 0 heteroatoms. The third-order valence-corrected chi connectivity index (χ3v) is 9.05. The van der Waals surface area contributed by atoms with Crippen LogP contribution in [0.25, 0.3) is 34.4 Å². The van der Waals surface area contributed by atoms with Crippen LogP contribution in [0.4, 0.5) is 0 Å². The fraction of sp³-hybridized carbons (Fsp3) is 0.222. The quantitative estimate of drug-likeness (QED) is 0.282.